The van der Waals surface area contributed by atoms with Gasteiger partial charge in [0, 0.05) is 11.1 Å². The lowest BCUT2D eigenvalue weighted by molar-refractivity contribution is 0.434. The van der Waals surface area contributed by atoms with E-state index in [1.54, 1.807) is 0 Å². The Morgan fingerprint density at radius 2 is 1.05 bits per heavy atom. The maximum absolute atomic E-state index is 7.59. The zero-order chi connectivity index (χ0) is 29.0. The third kappa shape index (κ3) is 3.86. The van der Waals surface area contributed by atoms with E-state index in [-0.39, 0.29) is 0 Å². The summed E-state index contributed by atoms with van der Waals surface area (Å²) in [6.45, 7) is 9.73. The maximum atomic E-state index is 7.59. The molecule has 8 rings (SSSR count). The number of benzene rings is 6. The Morgan fingerprint density at radius 3 is 1.63 bits per heavy atom. The molecule has 0 bridgehead atoms. The Morgan fingerprint density at radius 1 is 0.512 bits per heavy atom. The Hall–Kier alpha value is -5.65. The molecule has 6 aromatic carbocycles. The summed E-state index contributed by atoms with van der Waals surface area (Å²) in [7, 11) is 0. The number of para-hydroxylation sites is 2. The molecule has 2 aliphatic rings. The number of nitrogens with zero attached hydrogens (tertiary/aromatic N) is 1. The zero-order valence-corrected chi connectivity index (χ0v) is 23.7. The molecule has 1 heterocycles. The fourth-order valence-electron chi connectivity index (χ4n) is 6.89. The van der Waals surface area contributed by atoms with E-state index < -0.39 is 5.41 Å². The lowest BCUT2D eigenvalue weighted by atomic mass is 9.61. The topological polar surface area (TPSA) is 13.6 Å². The van der Waals surface area contributed by atoms with Crippen LogP contribution < -0.4 is 4.74 Å². The van der Waals surface area contributed by atoms with Crippen LogP contribution in [0.5, 0.6) is 11.5 Å². The Bertz CT molecular complexity index is 2100. The summed E-state index contributed by atoms with van der Waals surface area (Å²) in [4.78, 5) is 3.70. The molecule has 0 saturated carbocycles. The van der Waals surface area contributed by atoms with E-state index >= 15 is 0 Å². The van der Waals surface area contributed by atoms with Crippen LogP contribution in [0.1, 0.15) is 38.9 Å². The van der Waals surface area contributed by atoms with Crippen molar-refractivity contribution in [2.75, 3.05) is 0 Å². The molecule has 1 spiro atoms. The van der Waals surface area contributed by atoms with Gasteiger partial charge < -0.3 is 4.74 Å². The van der Waals surface area contributed by atoms with E-state index in [0.717, 1.165) is 39.3 Å². The fourth-order valence-corrected chi connectivity index (χ4v) is 6.89. The number of ether oxygens (including phenoxy) is 1. The van der Waals surface area contributed by atoms with Gasteiger partial charge in [0.25, 0.3) is 0 Å². The molecule has 202 valence electrons. The molecule has 0 unspecified atom stereocenters. The maximum Gasteiger partial charge on any atom is 0.187 e. The molecular formula is C41H27NO. The van der Waals surface area contributed by atoms with Gasteiger partial charge in [0.15, 0.2) is 5.69 Å². The second-order valence-corrected chi connectivity index (χ2v) is 11.3. The summed E-state index contributed by atoms with van der Waals surface area (Å²) < 4.78 is 6.60. The van der Waals surface area contributed by atoms with E-state index in [1.807, 2.05) is 30.3 Å². The van der Waals surface area contributed by atoms with E-state index in [0.29, 0.717) is 5.69 Å². The highest BCUT2D eigenvalue weighted by atomic mass is 16.5. The number of hydrogen-bond donors (Lipinski definition) is 0. The van der Waals surface area contributed by atoms with Crippen LogP contribution in [-0.4, -0.2) is 0 Å². The lowest BCUT2D eigenvalue weighted by Gasteiger charge is -2.42. The summed E-state index contributed by atoms with van der Waals surface area (Å²) in [5, 5.41) is 0. The molecule has 2 nitrogen and oxygen atoms in total. The summed E-state index contributed by atoms with van der Waals surface area (Å²) in [6, 6.07) is 47.1. The van der Waals surface area contributed by atoms with Gasteiger partial charge >= 0.3 is 0 Å². The normalized spacial score (nSPS) is 13.5. The van der Waals surface area contributed by atoms with Crippen LogP contribution in [0.2, 0.25) is 0 Å². The minimum atomic E-state index is -0.646. The van der Waals surface area contributed by atoms with Crippen molar-refractivity contribution in [3.8, 4) is 33.8 Å². The SMILES string of the molecule is [C-]#[N+]c1cccc(-c2ccc3c(c2)C2(c4cc(-c5cccc(C)c5)ccc4C=C3)c3ccccc3Oc3ccccc32)c1. The van der Waals surface area contributed by atoms with Crippen LogP contribution >= 0.6 is 0 Å². The third-order valence-corrected chi connectivity index (χ3v) is 8.82. The van der Waals surface area contributed by atoms with Crippen molar-refractivity contribution in [1.82, 2.24) is 0 Å². The third-order valence-electron chi connectivity index (χ3n) is 8.82. The smallest absolute Gasteiger partial charge is 0.187 e. The van der Waals surface area contributed by atoms with Crippen LogP contribution in [0.3, 0.4) is 0 Å². The lowest BCUT2D eigenvalue weighted by Crippen LogP contribution is -2.35. The highest BCUT2D eigenvalue weighted by molar-refractivity contribution is 5.87. The van der Waals surface area contributed by atoms with Crippen molar-refractivity contribution in [2.24, 2.45) is 0 Å². The van der Waals surface area contributed by atoms with Crippen LogP contribution in [0.15, 0.2) is 133 Å². The molecule has 0 amide bonds. The summed E-state index contributed by atoms with van der Waals surface area (Å²) in [6.07, 6.45) is 4.50. The molecule has 0 radical (unpaired) electrons. The van der Waals surface area contributed by atoms with E-state index in [9.17, 15) is 0 Å². The van der Waals surface area contributed by atoms with Crippen molar-refractivity contribution in [2.45, 2.75) is 12.3 Å². The summed E-state index contributed by atoms with van der Waals surface area (Å²) in [5.74, 6) is 1.72. The first-order valence-electron chi connectivity index (χ1n) is 14.5. The highest BCUT2D eigenvalue weighted by Crippen LogP contribution is 2.58. The highest BCUT2D eigenvalue weighted by Gasteiger charge is 2.48. The molecule has 43 heavy (non-hydrogen) atoms. The van der Waals surface area contributed by atoms with Crippen LogP contribution in [-0.2, 0) is 5.41 Å². The number of fused-ring (bicyclic) bond motifs is 8. The van der Waals surface area contributed by atoms with E-state index in [2.05, 4.69) is 127 Å². The second kappa shape index (κ2) is 9.72. The zero-order valence-electron chi connectivity index (χ0n) is 23.7. The molecular weight excluding hydrogens is 522 g/mol. The van der Waals surface area contributed by atoms with Gasteiger partial charge in [0.05, 0.1) is 12.0 Å². The van der Waals surface area contributed by atoms with Gasteiger partial charge in [-0.15, -0.1) is 0 Å². The van der Waals surface area contributed by atoms with Gasteiger partial charge in [0.1, 0.15) is 11.5 Å². The molecule has 6 aromatic rings. The minimum Gasteiger partial charge on any atom is -0.457 e. The predicted molar refractivity (Wildman–Crippen MR) is 176 cm³/mol. The van der Waals surface area contributed by atoms with Gasteiger partial charge in [-0.1, -0.05) is 121 Å². The van der Waals surface area contributed by atoms with Gasteiger partial charge in [-0.2, -0.15) is 0 Å². The Balaban J connectivity index is 1.51. The Labute approximate surface area is 252 Å². The fraction of sp³-hybridized carbons (Fsp3) is 0.0488. The molecule has 0 aromatic heterocycles. The van der Waals surface area contributed by atoms with Crippen LogP contribution in [0, 0.1) is 13.5 Å². The molecule has 0 fully saturated rings. The molecule has 2 heteroatoms. The quantitative estimate of drug-likeness (QED) is 0.196. The van der Waals surface area contributed by atoms with Gasteiger partial charge in [-0.05, 0) is 81.8 Å². The second-order valence-electron chi connectivity index (χ2n) is 11.3. The number of aryl methyl sites for hydroxylation is 1. The van der Waals surface area contributed by atoms with Crippen LogP contribution in [0.4, 0.5) is 5.69 Å². The van der Waals surface area contributed by atoms with Crippen LogP contribution in [0.25, 0.3) is 39.3 Å². The van der Waals surface area contributed by atoms with Crippen molar-refractivity contribution >= 4 is 17.8 Å². The molecule has 1 aliphatic carbocycles. The Kier molecular flexibility index (Phi) is 5.67. The molecule has 1 aliphatic heterocycles. The first kappa shape index (κ1) is 25.1. The summed E-state index contributed by atoms with van der Waals surface area (Å²) >= 11 is 0. The molecule has 0 saturated heterocycles. The average molecular weight is 550 g/mol. The standard InChI is InChI=1S/C41H27NO/c1-27-9-7-10-30(23-27)32-21-19-28-17-18-29-20-22-33(31-11-8-12-34(24-31)42-2)26-38(29)41(37(28)25-32)35-13-3-5-15-39(35)43-40-16-6-4-14-36(40)41/h3-26H,1H3. The van der Waals surface area contributed by atoms with Crippen molar-refractivity contribution in [1.29, 1.82) is 0 Å². The van der Waals surface area contributed by atoms with Crippen molar-refractivity contribution in [3.63, 3.8) is 0 Å². The average Bonchev–Trinajstić information content (AvgIpc) is 3.19. The van der Waals surface area contributed by atoms with E-state index in [4.69, 9.17) is 11.3 Å². The first-order chi connectivity index (χ1) is 21.1. The van der Waals surface area contributed by atoms with Gasteiger partial charge in [-0.25, -0.2) is 4.85 Å². The number of rotatable bonds is 2. The number of hydrogen-bond acceptors (Lipinski definition) is 1. The van der Waals surface area contributed by atoms with E-state index in [1.165, 1.54) is 33.4 Å². The minimum absolute atomic E-state index is 0.636. The molecule has 0 atom stereocenters. The summed E-state index contributed by atoms with van der Waals surface area (Å²) in [5.41, 5.74) is 12.7. The first-order valence-corrected chi connectivity index (χ1v) is 14.5. The van der Waals surface area contributed by atoms with Gasteiger partial charge in [-0.3, -0.25) is 0 Å². The predicted octanol–water partition coefficient (Wildman–Crippen LogP) is 10.9. The van der Waals surface area contributed by atoms with Crippen molar-refractivity contribution < 1.29 is 4.74 Å². The largest absolute Gasteiger partial charge is 0.457 e. The monoisotopic (exact) mass is 549 g/mol. The van der Waals surface area contributed by atoms with Crippen molar-refractivity contribution in [3.05, 3.63) is 184 Å². The molecule has 0 N–H and O–H groups in total. The van der Waals surface area contributed by atoms with Gasteiger partial charge in [0.2, 0.25) is 0 Å².